The predicted octanol–water partition coefficient (Wildman–Crippen LogP) is 1.21. The van der Waals surface area contributed by atoms with Gasteiger partial charge in [-0.15, -0.1) is 0 Å². The molecule has 0 bridgehead atoms. The van der Waals surface area contributed by atoms with Gasteiger partial charge in [0.15, 0.2) is 5.75 Å². The molecule has 2 N–H and O–H groups in total. The van der Waals surface area contributed by atoms with E-state index >= 15 is 0 Å². The molecule has 0 unspecified atom stereocenters. The van der Waals surface area contributed by atoms with E-state index in [0.717, 1.165) is 12.2 Å². The Labute approximate surface area is 116 Å². The van der Waals surface area contributed by atoms with E-state index < -0.39 is 0 Å². The summed E-state index contributed by atoms with van der Waals surface area (Å²) in [4.78, 5) is 12.2. The van der Waals surface area contributed by atoms with Gasteiger partial charge in [-0.05, 0) is 24.3 Å². The summed E-state index contributed by atoms with van der Waals surface area (Å²) in [5.74, 6) is 0.423. The number of rotatable bonds is 3. The molecule has 0 aliphatic carbocycles. The first kappa shape index (κ1) is 12.4. The third kappa shape index (κ3) is 2.54. The average molecular weight is 270 g/mol. The maximum Gasteiger partial charge on any atom is 0.255 e. The quantitative estimate of drug-likeness (QED) is 0.876. The van der Waals surface area contributed by atoms with Gasteiger partial charge in [0.2, 0.25) is 0 Å². The number of nitrogens with zero attached hydrogens (tertiary/aromatic N) is 2. The van der Waals surface area contributed by atoms with Gasteiger partial charge in [0, 0.05) is 12.7 Å². The number of benzene rings is 1. The van der Waals surface area contributed by atoms with Crippen LogP contribution in [0.4, 0.5) is 5.69 Å². The number of hydrogen-bond acceptors (Lipinski definition) is 5. The lowest BCUT2D eigenvalue weighted by Crippen LogP contribution is -2.26. The molecule has 0 saturated carbocycles. The molecule has 0 spiro atoms. The van der Waals surface area contributed by atoms with Crippen molar-refractivity contribution in [2.45, 2.75) is 6.54 Å². The van der Waals surface area contributed by atoms with Crippen molar-refractivity contribution in [1.82, 2.24) is 15.5 Å². The van der Waals surface area contributed by atoms with Crippen molar-refractivity contribution in [2.75, 3.05) is 18.5 Å². The number of nitrogens with one attached hydrogen (secondary N) is 2. The SMILES string of the molecule is O=C(NCc1cccnn1)c1cccc2c1OCCN2. The second-order valence-electron chi connectivity index (χ2n) is 4.36. The minimum Gasteiger partial charge on any atom is -0.489 e. The van der Waals surface area contributed by atoms with Crippen LogP contribution in [0.2, 0.25) is 0 Å². The summed E-state index contributed by atoms with van der Waals surface area (Å²) in [7, 11) is 0. The number of fused-ring (bicyclic) bond motifs is 1. The van der Waals surface area contributed by atoms with Crippen LogP contribution in [0.25, 0.3) is 0 Å². The molecule has 1 aliphatic rings. The summed E-state index contributed by atoms with van der Waals surface area (Å²) in [6.45, 7) is 1.64. The van der Waals surface area contributed by atoms with Gasteiger partial charge in [0.1, 0.15) is 6.61 Å². The van der Waals surface area contributed by atoms with Gasteiger partial charge in [-0.2, -0.15) is 10.2 Å². The van der Waals surface area contributed by atoms with Gasteiger partial charge in [-0.1, -0.05) is 6.07 Å². The second kappa shape index (κ2) is 5.56. The largest absolute Gasteiger partial charge is 0.489 e. The monoisotopic (exact) mass is 270 g/mol. The van der Waals surface area contributed by atoms with Gasteiger partial charge in [-0.25, -0.2) is 0 Å². The van der Waals surface area contributed by atoms with Crippen LogP contribution in [0.5, 0.6) is 5.75 Å². The highest BCUT2D eigenvalue weighted by Crippen LogP contribution is 2.31. The summed E-state index contributed by atoms with van der Waals surface area (Å²) < 4.78 is 5.58. The predicted molar refractivity (Wildman–Crippen MR) is 73.6 cm³/mol. The van der Waals surface area contributed by atoms with Gasteiger partial charge in [0.05, 0.1) is 23.5 Å². The van der Waals surface area contributed by atoms with Crippen LogP contribution < -0.4 is 15.4 Å². The fraction of sp³-hybridized carbons (Fsp3) is 0.214. The van der Waals surface area contributed by atoms with Crippen LogP contribution in [0, 0.1) is 0 Å². The standard InChI is InChI=1S/C14H14N4O2/c19-14(16-9-10-3-2-6-17-18-10)11-4-1-5-12-13(11)20-8-7-15-12/h1-6,15H,7-9H2,(H,16,19). The molecule has 1 amide bonds. The smallest absolute Gasteiger partial charge is 0.255 e. The molecule has 102 valence electrons. The zero-order chi connectivity index (χ0) is 13.8. The van der Waals surface area contributed by atoms with Crippen LogP contribution in [0.1, 0.15) is 16.1 Å². The number of anilines is 1. The molecule has 20 heavy (non-hydrogen) atoms. The number of para-hydroxylation sites is 1. The van der Waals surface area contributed by atoms with Crippen LogP contribution in [-0.4, -0.2) is 29.3 Å². The first-order chi connectivity index (χ1) is 9.84. The van der Waals surface area contributed by atoms with E-state index in [4.69, 9.17) is 4.74 Å². The Hall–Kier alpha value is -2.63. The van der Waals surface area contributed by atoms with Crippen molar-refractivity contribution in [1.29, 1.82) is 0 Å². The summed E-state index contributed by atoms with van der Waals surface area (Å²) in [5, 5.41) is 13.7. The molecule has 0 fully saturated rings. The van der Waals surface area contributed by atoms with Crippen molar-refractivity contribution in [3.05, 3.63) is 47.8 Å². The van der Waals surface area contributed by atoms with Crippen molar-refractivity contribution >= 4 is 11.6 Å². The highest BCUT2D eigenvalue weighted by molar-refractivity contribution is 5.98. The Morgan fingerprint density at radius 1 is 1.35 bits per heavy atom. The highest BCUT2D eigenvalue weighted by Gasteiger charge is 2.18. The maximum absolute atomic E-state index is 12.2. The Morgan fingerprint density at radius 3 is 3.15 bits per heavy atom. The van der Waals surface area contributed by atoms with E-state index in [9.17, 15) is 4.79 Å². The molecule has 1 aliphatic heterocycles. The van der Waals surface area contributed by atoms with Crippen molar-refractivity contribution in [3.8, 4) is 5.75 Å². The summed E-state index contributed by atoms with van der Waals surface area (Å²) in [6, 6.07) is 9.07. The Kier molecular flexibility index (Phi) is 3.45. The van der Waals surface area contributed by atoms with E-state index in [2.05, 4.69) is 20.8 Å². The lowest BCUT2D eigenvalue weighted by molar-refractivity contribution is 0.0946. The maximum atomic E-state index is 12.2. The van der Waals surface area contributed by atoms with Crippen LogP contribution in [-0.2, 0) is 6.54 Å². The van der Waals surface area contributed by atoms with Crippen LogP contribution in [0.15, 0.2) is 36.5 Å². The first-order valence-electron chi connectivity index (χ1n) is 6.39. The topological polar surface area (TPSA) is 76.1 Å². The number of aromatic nitrogens is 2. The summed E-state index contributed by atoms with van der Waals surface area (Å²) >= 11 is 0. The van der Waals surface area contributed by atoms with Crippen molar-refractivity contribution < 1.29 is 9.53 Å². The molecule has 3 rings (SSSR count). The first-order valence-corrected chi connectivity index (χ1v) is 6.39. The number of carbonyl (C=O) groups excluding carboxylic acids is 1. The molecule has 2 heterocycles. The molecule has 1 aromatic carbocycles. The minimum absolute atomic E-state index is 0.184. The lowest BCUT2D eigenvalue weighted by atomic mass is 10.1. The molecule has 6 nitrogen and oxygen atoms in total. The van der Waals surface area contributed by atoms with Crippen LogP contribution >= 0.6 is 0 Å². The summed E-state index contributed by atoms with van der Waals surface area (Å²) in [5.41, 5.74) is 2.09. The van der Waals surface area contributed by atoms with Gasteiger partial charge in [0.25, 0.3) is 5.91 Å². The van der Waals surface area contributed by atoms with E-state index in [1.807, 2.05) is 18.2 Å². The Bertz CT molecular complexity index is 616. The van der Waals surface area contributed by atoms with E-state index in [0.29, 0.717) is 30.2 Å². The lowest BCUT2D eigenvalue weighted by Gasteiger charge is -2.21. The third-order valence-corrected chi connectivity index (χ3v) is 2.98. The van der Waals surface area contributed by atoms with E-state index in [-0.39, 0.29) is 5.91 Å². The molecule has 6 heteroatoms. The van der Waals surface area contributed by atoms with Crippen molar-refractivity contribution in [2.24, 2.45) is 0 Å². The highest BCUT2D eigenvalue weighted by atomic mass is 16.5. The number of hydrogen-bond donors (Lipinski definition) is 2. The fourth-order valence-corrected chi connectivity index (χ4v) is 2.04. The van der Waals surface area contributed by atoms with Crippen LogP contribution in [0.3, 0.4) is 0 Å². The molecule has 0 saturated heterocycles. The zero-order valence-corrected chi connectivity index (χ0v) is 10.8. The van der Waals surface area contributed by atoms with E-state index in [1.54, 1.807) is 18.3 Å². The molecule has 2 aromatic rings. The second-order valence-corrected chi connectivity index (χ2v) is 4.36. The number of carbonyl (C=O) groups is 1. The van der Waals surface area contributed by atoms with Gasteiger partial charge < -0.3 is 15.4 Å². The fourth-order valence-electron chi connectivity index (χ4n) is 2.04. The van der Waals surface area contributed by atoms with Crippen molar-refractivity contribution in [3.63, 3.8) is 0 Å². The van der Waals surface area contributed by atoms with Gasteiger partial charge >= 0.3 is 0 Å². The number of amides is 1. The summed E-state index contributed by atoms with van der Waals surface area (Å²) in [6.07, 6.45) is 1.60. The number of ether oxygens (including phenoxy) is 1. The minimum atomic E-state index is -0.184. The molecular weight excluding hydrogens is 256 g/mol. The van der Waals surface area contributed by atoms with E-state index in [1.165, 1.54) is 0 Å². The molecule has 0 radical (unpaired) electrons. The Balaban J connectivity index is 1.74. The van der Waals surface area contributed by atoms with Gasteiger partial charge in [-0.3, -0.25) is 4.79 Å². The molecule has 1 aromatic heterocycles. The normalized spacial score (nSPS) is 12.8. The zero-order valence-electron chi connectivity index (χ0n) is 10.8. The average Bonchev–Trinajstić information content (AvgIpc) is 2.53. The molecular formula is C14H14N4O2. The Morgan fingerprint density at radius 2 is 2.30 bits per heavy atom. The third-order valence-electron chi connectivity index (χ3n) is 2.98. The molecule has 0 atom stereocenters.